The number of hydrogen-bond acceptors (Lipinski definition) is 4. The molecule has 0 aromatic heterocycles. The largest absolute Gasteiger partial charge is 0.396 e. The quantitative estimate of drug-likeness (QED) is 0.545. The molecule has 0 bridgehead atoms. The van der Waals surface area contributed by atoms with Crippen LogP contribution in [0.3, 0.4) is 0 Å². The van der Waals surface area contributed by atoms with Gasteiger partial charge in [0.05, 0.1) is 5.69 Å². The third kappa shape index (κ3) is 2.47. The summed E-state index contributed by atoms with van der Waals surface area (Å²) in [6, 6.07) is 5.42. The zero-order chi connectivity index (χ0) is 13.1. The highest BCUT2D eigenvalue weighted by Crippen LogP contribution is 2.21. The van der Waals surface area contributed by atoms with Crippen molar-refractivity contribution in [2.45, 2.75) is 13.3 Å². The molecular weight excluding hydrogens is 230 g/mol. The molecule has 1 unspecified atom stereocenters. The normalized spacial score (nSPS) is 19.1. The molecule has 18 heavy (non-hydrogen) atoms. The minimum Gasteiger partial charge on any atom is -0.396 e. The number of nitrogens with two attached hydrogens (primary N) is 1. The van der Waals surface area contributed by atoms with Gasteiger partial charge in [-0.25, -0.2) is 0 Å². The Balaban J connectivity index is 2.12. The molecule has 5 nitrogen and oxygen atoms in total. The molecule has 0 aliphatic carbocycles. The van der Waals surface area contributed by atoms with Crippen molar-refractivity contribution in [2.24, 2.45) is 11.8 Å². The Hall–Kier alpha value is -1.59. The van der Waals surface area contributed by atoms with Crippen LogP contribution >= 0.6 is 0 Å². The van der Waals surface area contributed by atoms with Gasteiger partial charge in [-0.1, -0.05) is 0 Å². The van der Waals surface area contributed by atoms with E-state index < -0.39 is 0 Å². The number of likely N-dealkylation sites (tertiary alicyclic amines) is 1. The monoisotopic (exact) mass is 249 g/mol. The summed E-state index contributed by atoms with van der Waals surface area (Å²) in [5.41, 5.74) is 5.03. The number of rotatable bonds is 3. The molecule has 4 N–H and O–H groups in total. The summed E-state index contributed by atoms with van der Waals surface area (Å²) in [5.74, 6) is 5.61. The minimum atomic E-state index is 0.0256. The molecule has 2 rings (SSSR count). The Morgan fingerprint density at radius 2 is 2.39 bits per heavy atom. The van der Waals surface area contributed by atoms with Crippen molar-refractivity contribution in [1.29, 1.82) is 0 Å². The lowest BCUT2D eigenvalue weighted by molar-refractivity contribution is 0.0782. The first-order valence-electron chi connectivity index (χ1n) is 6.13. The van der Waals surface area contributed by atoms with Crippen LogP contribution in [0.15, 0.2) is 18.2 Å². The SMILES string of the molecule is Cc1cc(C(=O)N2CCC(CO)C2)ccc1NN. The summed E-state index contributed by atoms with van der Waals surface area (Å²) in [6.45, 7) is 3.43. The number of benzene rings is 1. The van der Waals surface area contributed by atoms with Crippen LogP contribution in [0.25, 0.3) is 0 Å². The van der Waals surface area contributed by atoms with E-state index in [-0.39, 0.29) is 18.4 Å². The fourth-order valence-electron chi connectivity index (χ4n) is 2.31. The van der Waals surface area contributed by atoms with Gasteiger partial charge in [-0.3, -0.25) is 10.6 Å². The van der Waals surface area contributed by atoms with Crippen LogP contribution in [-0.4, -0.2) is 35.6 Å². The summed E-state index contributed by atoms with van der Waals surface area (Å²) in [6.07, 6.45) is 0.879. The molecule has 1 fully saturated rings. The topological polar surface area (TPSA) is 78.6 Å². The maximum atomic E-state index is 12.3. The molecule has 1 aliphatic heterocycles. The van der Waals surface area contributed by atoms with Crippen LogP contribution in [0.4, 0.5) is 5.69 Å². The van der Waals surface area contributed by atoms with Crippen molar-refractivity contribution >= 4 is 11.6 Å². The van der Waals surface area contributed by atoms with Gasteiger partial charge in [0, 0.05) is 31.2 Å². The first-order valence-corrected chi connectivity index (χ1v) is 6.13. The van der Waals surface area contributed by atoms with Crippen LogP contribution in [0.2, 0.25) is 0 Å². The minimum absolute atomic E-state index is 0.0256. The van der Waals surface area contributed by atoms with Crippen molar-refractivity contribution in [3.8, 4) is 0 Å². The van der Waals surface area contributed by atoms with Gasteiger partial charge in [-0.2, -0.15) is 0 Å². The van der Waals surface area contributed by atoms with Gasteiger partial charge >= 0.3 is 0 Å². The second-order valence-corrected chi connectivity index (χ2v) is 4.76. The van der Waals surface area contributed by atoms with Crippen LogP contribution in [0.1, 0.15) is 22.3 Å². The summed E-state index contributed by atoms with van der Waals surface area (Å²) in [7, 11) is 0. The van der Waals surface area contributed by atoms with Crippen molar-refractivity contribution in [2.75, 3.05) is 25.1 Å². The van der Waals surface area contributed by atoms with Crippen LogP contribution in [0.5, 0.6) is 0 Å². The van der Waals surface area contributed by atoms with Crippen molar-refractivity contribution in [3.05, 3.63) is 29.3 Å². The van der Waals surface area contributed by atoms with E-state index in [1.807, 2.05) is 19.1 Å². The van der Waals surface area contributed by atoms with Crippen molar-refractivity contribution in [3.63, 3.8) is 0 Å². The molecule has 0 spiro atoms. The highest BCUT2D eigenvalue weighted by molar-refractivity contribution is 5.95. The maximum absolute atomic E-state index is 12.3. The van der Waals surface area contributed by atoms with E-state index in [0.717, 1.165) is 24.2 Å². The van der Waals surface area contributed by atoms with E-state index in [9.17, 15) is 4.79 Å². The van der Waals surface area contributed by atoms with E-state index in [1.54, 1.807) is 11.0 Å². The molecule has 1 aliphatic rings. The molecule has 1 aromatic carbocycles. The number of aliphatic hydroxyl groups is 1. The standard InChI is InChI=1S/C13H19N3O2/c1-9-6-11(2-3-12(9)15-14)13(18)16-5-4-10(7-16)8-17/h2-3,6,10,15,17H,4-5,7-8,14H2,1H3. The number of carbonyl (C=O) groups excluding carboxylic acids is 1. The van der Waals surface area contributed by atoms with Gasteiger partial charge in [0.1, 0.15) is 0 Å². The first kappa shape index (κ1) is 12.9. The first-order chi connectivity index (χ1) is 8.65. The number of aryl methyl sites for hydroxylation is 1. The molecule has 98 valence electrons. The number of nitrogens with zero attached hydrogens (tertiary/aromatic N) is 1. The molecule has 0 radical (unpaired) electrons. The van der Waals surface area contributed by atoms with Gasteiger partial charge < -0.3 is 15.4 Å². The molecule has 1 heterocycles. The van der Waals surface area contributed by atoms with Gasteiger partial charge in [0.25, 0.3) is 5.91 Å². The number of nitrogens with one attached hydrogen (secondary N) is 1. The second-order valence-electron chi connectivity index (χ2n) is 4.76. The number of aliphatic hydroxyl groups excluding tert-OH is 1. The Morgan fingerprint density at radius 1 is 1.61 bits per heavy atom. The molecule has 5 heteroatoms. The predicted octanol–water partition coefficient (Wildman–Crippen LogP) is 0.735. The Kier molecular flexibility index (Phi) is 3.84. The summed E-state index contributed by atoms with van der Waals surface area (Å²) >= 11 is 0. The van der Waals surface area contributed by atoms with E-state index in [1.165, 1.54) is 0 Å². The fraction of sp³-hybridized carbons (Fsp3) is 0.462. The van der Waals surface area contributed by atoms with E-state index in [4.69, 9.17) is 10.9 Å². The number of hydrazine groups is 1. The lowest BCUT2D eigenvalue weighted by Gasteiger charge is -2.17. The Labute approximate surface area is 107 Å². The average Bonchev–Trinajstić information content (AvgIpc) is 2.86. The summed E-state index contributed by atoms with van der Waals surface area (Å²) < 4.78 is 0. The lowest BCUT2D eigenvalue weighted by atomic mass is 10.1. The Bertz CT molecular complexity index is 448. The smallest absolute Gasteiger partial charge is 0.253 e. The van der Waals surface area contributed by atoms with Gasteiger partial charge in [-0.15, -0.1) is 0 Å². The average molecular weight is 249 g/mol. The van der Waals surface area contributed by atoms with E-state index in [0.29, 0.717) is 12.1 Å². The van der Waals surface area contributed by atoms with Crippen molar-refractivity contribution < 1.29 is 9.90 Å². The second kappa shape index (κ2) is 5.37. The fourth-order valence-corrected chi connectivity index (χ4v) is 2.31. The summed E-state index contributed by atoms with van der Waals surface area (Å²) in [5, 5.41) is 9.09. The zero-order valence-electron chi connectivity index (χ0n) is 10.5. The van der Waals surface area contributed by atoms with Crippen LogP contribution in [0, 0.1) is 12.8 Å². The number of nitrogen functional groups attached to an aromatic ring is 1. The van der Waals surface area contributed by atoms with Gasteiger partial charge in [-0.05, 0) is 37.1 Å². The number of carbonyl (C=O) groups is 1. The highest BCUT2D eigenvalue weighted by atomic mass is 16.3. The molecule has 0 saturated carbocycles. The molecule has 1 saturated heterocycles. The van der Waals surface area contributed by atoms with E-state index in [2.05, 4.69) is 5.43 Å². The number of hydrogen-bond donors (Lipinski definition) is 3. The van der Waals surface area contributed by atoms with Gasteiger partial charge in [0.2, 0.25) is 0 Å². The van der Waals surface area contributed by atoms with Crippen LogP contribution in [-0.2, 0) is 0 Å². The van der Waals surface area contributed by atoms with E-state index >= 15 is 0 Å². The van der Waals surface area contributed by atoms with Gasteiger partial charge in [0.15, 0.2) is 0 Å². The third-order valence-electron chi connectivity index (χ3n) is 3.46. The van der Waals surface area contributed by atoms with Crippen molar-refractivity contribution in [1.82, 2.24) is 4.90 Å². The molecule has 1 atom stereocenters. The van der Waals surface area contributed by atoms with Crippen LogP contribution < -0.4 is 11.3 Å². The molecular formula is C13H19N3O2. The lowest BCUT2D eigenvalue weighted by Crippen LogP contribution is -2.29. The zero-order valence-corrected chi connectivity index (χ0v) is 10.5. The molecule has 1 amide bonds. The maximum Gasteiger partial charge on any atom is 0.253 e. The number of anilines is 1. The Morgan fingerprint density at radius 3 is 2.94 bits per heavy atom. The predicted molar refractivity (Wildman–Crippen MR) is 70.1 cm³/mol. The summed E-state index contributed by atoms with van der Waals surface area (Å²) in [4.78, 5) is 14.0. The third-order valence-corrected chi connectivity index (χ3v) is 3.46. The molecule has 1 aromatic rings. The highest BCUT2D eigenvalue weighted by Gasteiger charge is 2.26. The number of amides is 1.